The molecule has 3 rings (SSSR count). The lowest BCUT2D eigenvalue weighted by molar-refractivity contribution is 0.191. The highest BCUT2D eigenvalue weighted by molar-refractivity contribution is 5.78. The molecule has 18 heavy (non-hydrogen) atoms. The number of fused-ring (bicyclic) bond motifs is 2. The van der Waals surface area contributed by atoms with Crippen LogP contribution in [0.2, 0.25) is 0 Å². The van der Waals surface area contributed by atoms with Crippen LogP contribution in [0.4, 0.5) is 0 Å². The van der Waals surface area contributed by atoms with Crippen LogP contribution in [0, 0.1) is 28.6 Å². The smallest absolute Gasteiger partial charge is 0.0911 e. The number of nitrogens with zero attached hydrogens (tertiary/aromatic N) is 1. The topological polar surface area (TPSA) is 53.1 Å². The van der Waals surface area contributed by atoms with Crippen molar-refractivity contribution in [1.29, 1.82) is 5.41 Å². The molecule has 2 bridgehead atoms. The van der Waals surface area contributed by atoms with Gasteiger partial charge in [0, 0.05) is 19.5 Å². The normalized spacial score (nSPS) is 36.2. The Morgan fingerprint density at radius 1 is 1.33 bits per heavy atom. The van der Waals surface area contributed by atoms with Crippen LogP contribution >= 0.6 is 0 Å². The molecule has 0 radical (unpaired) electrons. The summed E-state index contributed by atoms with van der Waals surface area (Å²) in [5.41, 5.74) is 5.95. The van der Waals surface area contributed by atoms with Crippen molar-refractivity contribution in [3.63, 3.8) is 0 Å². The van der Waals surface area contributed by atoms with Crippen LogP contribution in [0.1, 0.15) is 44.9 Å². The molecule has 3 atom stereocenters. The molecule has 3 N–H and O–H groups in total. The highest BCUT2D eigenvalue weighted by Gasteiger charge is 2.45. The molecule has 0 aromatic carbocycles. The zero-order valence-corrected chi connectivity index (χ0v) is 11.6. The van der Waals surface area contributed by atoms with Gasteiger partial charge in [0.1, 0.15) is 0 Å². The Hall–Kier alpha value is -0.570. The Balaban J connectivity index is 1.47. The van der Waals surface area contributed by atoms with E-state index in [0.717, 1.165) is 30.7 Å². The molecule has 0 spiro atoms. The van der Waals surface area contributed by atoms with Crippen molar-refractivity contribution in [3.05, 3.63) is 0 Å². The van der Waals surface area contributed by atoms with Gasteiger partial charge in [0.25, 0.3) is 0 Å². The molecule has 3 aliphatic rings. The number of nitrogens with one attached hydrogen (secondary N) is 1. The van der Waals surface area contributed by atoms with Crippen LogP contribution < -0.4 is 5.73 Å². The van der Waals surface area contributed by atoms with Gasteiger partial charge in [0.15, 0.2) is 0 Å². The Morgan fingerprint density at radius 2 is 2.11 bits per heavy atom. The third-order valence-corrected chi connectivity index (χ3v) is 5.56. The van der Waals surface area contributed by atoms with E-state index in [-0.39, 0.29) is 0 Å². The molecule has 0 heterocycles. The predicted molar refractivity (Wildman–Crippen MR) is 74.6 cm³/mol. The summed E-state index contributed by atoms with van der Waals surface area (Å²) in [6.45, 7) is 2.43. The molecule has 0 aromatic rings. The van der Waals surface area contributed by atoms with Gasteiger partial charge in [-0.05, 0) is 62.3 Å². The van der Waals surface area contributed by atoms with Crippen molar-refractivity contribution in [1.82, 2.24) is 4.90 Å². The van der Waals surface area contributed by atoms with Gasteiger partial charge in [-0.25, -0.2) is 0 Å². The molecule has 102 valence electrons. The molecule has 3 heteroatoms. The van der Waals surface area contributed by atoms with Crippen molar-refractivity contribution in [2.75, 3.05) is 20.1 Å². The summed E-state index contributed by atoms with van der Waals surface area (Å²) in [6, 6.07) is 0. The minimum atomic E-state index is 0.373. The summed E-state index contributed by atoms with van der Waals surface area (Å²) >= 11 is 0. The Morgan fingerprint density at radius 3 is 2.61 bits per heavy atom. The number of hydrogen-bond donors (Lipinski definition) is 2. The predicted octanol–water partition coefficient (Wildman–Crippen LogP) is 2.46. The maximum atomic E-state index is 7.49. The molecular formula is C15H27N3. The molecule has 3 fully saturated rings. The van der Waals surface area contributed by atoms with Crippen molar-refractivity contribution < 1.29 is 0 Å². The third-order valence-electron chi connectivity index (χ3n) is 5.56. The van der Waals surface area contributed by atoms with E-state index in [2.05, 4.69) is 11.9 Å². The van der Waals surface area contributed by atoms with Gasteiger partial charge in [0.2, 0.25) is 0 Å². The summed E-state index contributed by atoms with van der Waals surface area (Å²) in [5, 5.41) is 7.49. The van der Waals surface area contributed by atoms with Crippen LogP contribution in [0.25, 0.3) is 0 Å². The van der Waals surface area contributed by atoms with E-state index in [1.54, 1.807) is 0 Å². The molecule has 0 aliphatic heterocycles. The van der Waals surface area contributed by atoms with E-state index in [9.17, 15) is 0 Å². The first-order valence-electron chi connectivity index (χ1n) is 7.58. The highest BCUT2D eigenvalue weighted by Crippen LogP contribution is 2.51. The van der Waals surface area contributed by atoms with Gasteiger partial charge in [-0.1, -0.05) is 6.42 Å². The van der Waals surface area contributed by atoms with Crippen molar-refractivity contribution in [3.8, 4) is 0 Å². The lowest BCUT2D eigenvalue weighted by Gasteiger charge is -2.29. The highest BCUT2D eigenvalue weighted by atomic mass is 15.1. The Labute approximate surface area is 111 Å². The largest absolute Gasteiger partial charge is 0.388 e. The second kappa shape index (κ2) is 4.52. The maximum Gasteiger partial charge on any atom is 0.0911 e. The minimum Gasteiger partial charge on any atom is -0.388 e. The SMILES string of the molecule is CN(CC1CC2CCC1C2)CC1(CC(=N)N)CC1. The molecule has 0 saturated heterocycles. The van der Waals surface area contributed by atoms with Gasteiger partial charge in [-0.3, -0.25) is 5.41 Å². The third kappa shape index (κ3) is 2.56. The zero-order valence-electron chi connectivity index (χ0n) is 11.6. The van der Waals surface area contributed by atoms with Crippen LogP contribution in [-0.4, -0.2) is 30.9 Å². The summed E-state index contributed by atoms with van der Waals surface area (Å²) < 4.78 is 0. The van der Waals surface area contributed by atoms with Crippen LogP contribution in [0.5, 0.6) is 0 Å². The summed E-state index contributed by atoms with van der Waals surface area (Å²) in [4.78, 5) is 2.53. The maximum absolute atomic E-state index is 7.49. The second-order valence-electron chi connectivity index (χ2n) is 7.33. The first-order chi connectivity index (χ1) is 8.56. The monoisotopic (exact) mass is 249 g/mol. The van der Waals surface area contributed by atoms with Crippen LogP contribution in [0.3, 0.4) is 0 Å². The fourth-order valence-electron chi connectivity index (χ4n) is 4.61. The quantitative estimate of drug-likeness (QED) is 0.561. The number of rotatable bonds is 6. The van der Waals surface area contributed by atoms with Gasteiger partial charge >= 0.3 is 0 Å². The average molecular weight is 249 g/mol. The molecule has 3 nitrogen and oxygen atoms in total. The van der Waals surface area contributed by atoms with E-state index < -0.39 is 0 Å². The van der Waals surface area contributed by atoms with Crippen LogP contribution in [-0.2, 0) is 0 Å². The zero-order chi connectivity index (χ0) is 12.8. The molecule has 3 aliphatic carbocycles. The summed E-state index contributed by atoms with van der Waals surface area (Å²) in [6.07, 6.45) is 9.34. The summed E-state index contributed by atoms with van der Waals surface area (Å²) in [7, 11) is 2.27. The first-order valence-corrected chi connectivity index (χ1v) is 7.58. The van der Waals surface area contributed by atoms with E-state index in [1.165, 1.54) is 45.1 Å². The van der Waals surface area contributed by atoms with Gasteiger partial charge in [-0.15, -0.1) is 0 Å². The molecule has 3 unspecified atom stereocenters. The standard InChI is InChI=1S/C15H27N3/c1-18(10-15(4-5-15)8-14(16)17)9-13-7-11-2-3-12(13)6-11/h11-13H,2-10H2,1H3,(H3,16,17). The number of nitrogens with two attached hydrogens (primary N) is 1. The Kier molecular flexibility index (Phi) is 3.13. The van der Waals surface area contributed by atoms with E-state index in [0.29, 0.717) is 11.3 Å². The molecule has 0 aromatic heterocycles. The fourth-order valence-corrected chi connectivity index (χ4v) is 4.61. The number of hydrogen-bond acceptors (Lipinski definition) is 2. The molecular weight excluding hydrogens is 222 g/mol. The second-order valence-corrected chi connectivity index (χ2v) is 7.33. The molecule has 0 amide bonds. The van der Waals surface area contributed by atoms with Crippen molar-refractivity contribution in [2.24, 2.45) is 28.9 Å². The first kappa shape index (κ1) is 12.5. The molecule has 3 saturated carbocycles. The fraction of sp³-hybridized carbons (Fsp3) is 0.933. The van der Waals surface area contributed by atoms with Crippen LogP contribution in [0.15, 0.2) is 0 Å². The van der Waals surface area contributed by atoms with E-state index in [4.69, 9.17) is 11.1 Å². The van der Waals surface area contributed by atoms with Gasteiger partial charge in [-0.2, -0.15) is 0 Å². The number of amidine groups is 1. The lowest BCUT2D eigenvalue weighted by atomic mass is 9.88. The van der Waals surface area contributed by atoms with Crippen molar-refractivity contribution in [2.45, 2.75) is 44.9 Å². The summed E-state index contributed by atoms with van der Waals surface area (Å²) in [5.74, 6) is 3.42. The Bertz CT molecular complexity index is 335. The lowest BCUT2D eigenvalue weighted by Crippen LogP contribution is -2.34. The average Bonchev–Trinajstić information content (AvgIpc) is 2.74. The van der Waals surface area contributed by atoms with Crippen molar-refractivity contribution >= 4 is 5.84 Å². The van der Waals surface area contributed by atoms with E-state index in [1.807, 2.05) is 0 Å². The minimum absolute atomic E-state index is 0.373. The van der Waals surface area contributed by atoms with Gasteiger partial charge < -0.3 is 10.6 Å². The van der Waals surface area contributed by atoms with E-state index >= 15 is 0 Å². The van der Waals surface area contributed by atoms with Gasteiger partial charge in [0.05, 0.1) is 5.84 Å².